The van der Waals surface area contributed by atoms with Crippen molar-refractivity contribution < 1.29 is 4.74 Å². The minimum absolute atomic E-state index is 0.405. The first-order valence-corrected chi connectivity index (χ1v) is 5.52. The molecular weight excluding hydrogens is 238 g/mol. The SMILES string of the molecule is COCc1cc(Cl)nc(-c2ccc(C)nc2)n1. The second kappa shape index (κ2) is 5.21. The van der Waals surface area contributed by atoms with E-state index in [-0.39, 0.29) is 0 Å². The van der Waals surface area contributed by atoms with Crippen LogP contribution in [0.15, 0.2) is 24.4 Å². The van der Waals surface area contributed by atoms with Gasteiger partial charge in [0.1, 0.15) is 5.15 Å². The molecule has 0 unspecified atom stereocenters. The van der Waals surface area contributed by atoms with Gasteiger partial charge >= 0.3 is 0 Å². The molecule has 0 amide bonds. The van der Waals surface area contributed by atoms with Crippen molar-refractivity contribution in [1.82, 2.24) is 15.0 Å². The van der Waals surface area contributed by atoms with Crippen molar-refractivity contribution in [3.8, 4) is 11.4 Å². The van der Waals surface area contributed by atoms with Gasteiger partial charge in [-0.2, -0.15) is 0 Å². The van der Waals surface area contributed by atoms with Gasteiger partial charge in [0.05, 0.1) is 12.3 Å². The number of aromatic nitrogens is 3. The Labute approximate surface area is 105 Å². The average molecular weight is 250 g/mol. The van der Waals surface area contributed by atoms with Crippen LogP contribution in [-0.2, 0) is 11.3 Å². The molecule has 0 fully saturated rings. The molecule has 0 aliphatic rings. The lowest BCUT2D eigenvalue weighted by Crippen LogP contribution is -1.98. The fourth-order valence-electron chi connectivity index (χ4n) is 1.42. The lowest BCUT2D eigenvalue weighted by atomic mass is 10.2. The molecule has 2 aromatic heterocycles. The van der Waals surface area contributed by atoms with E-state index in [2.05, 4.69) is 15.0 Å². The predicted molar refractivity (Wildman–Crippen MR) is 65.7 cm³/mol. The Morgan fingerprint density at radius 3 is 2.76 bits per heavy atom. The molecule has 0 N–H and O–H groups in total. The minimum Gasteiger partial charge on any atom is -0.378 e. The molecule has 4 nitrogen and oxygen atoms in total. The molecule has 17 heavy (non-hydrogen) atoms. The van der Waals surface area contributed by atoms with Crippen molar-refractivity contribution in [3.05, 3.63) is 40.9 Å². The molecule has 0 bridgehead atoms. The van der Waals surface area contributed by atoms with Gasteiger partial charge in [0, 0.05) is 24.6 Å². The average Bonchev–Trinajstić information content (AvgIpc) is 2.29. The molecule has 0 spiro atoms. The van der Waals surface area contributed by atoms with Gasteiger partial charge in [0.2, 0.25) is 0 Å². The standard InChI is InChI=1S/C12H12ClN3O/c1-8-3-4-9(6-14-8)12-15-10(7-17-2)5-11(13)16-12/h3-6H,7H2,1-2H3. The summed E-state index contributed by atoms with van der Waals surface area (Å²) in [5.41, 5.74) is 2.55. The summed E-state index contributed by atoms with van der Waals surface area (Å²) in [6.07, 6.45) is 1.73. The van der Waals surface area contributed by atoms with Gasteiger partial charge in [0.25, 0.3) is 0 Å². The first-order valence-electron chi connectivity index (χ1n) is 5.14. The van der Waals surface area contributed by atoms with Crippen molar-refractivity contribution in [3.63, 3.8) is 0 Å². The van der Waals surface area contributed by atoms with Crippen LogP contribution >= 0.6 is 11.6 Å². The summed E-state index contributed by atoms with van der Waals surface area (Å²) in [7, 11) is 1.61. The Morgan fingerprint density at radius 1 is 1.29 bits per heavy atom. The second-order valence-electron chi connectivity index (χ2n) is 3.63. The third-order valence-electron chi connectivity index (χ3n) is 2.21. The summed E-state index contributed by atoms with van der Waals surface area (Å²) in [4.78, 5) is 12.7. The third kappa shape index (κ3) is 2.99. The van der Waals surface area contributed by atoms with E-state index in [4.69, 9.17) is 16.3 Å². The Kier molecular flexibility index (Phi) is 3.66. The van der Waals surface area contributed by atoms with Crippen molar-refractivity contribution in [2.24, 2.45) is 0 Å². The highest BCUT2D eigenvalue weighted by atomic mass is 35.5. The fraction of sp³-hybridized carbons (Fsp3) is 0.250. The lowest BCUT2D eigenvalue weighted by molar-refractivity contribution is 0.181. The molecule has 2 rings (SSSR count). The van der Waals surface area contributed by atoms with Crippen LogP contribution < -0.4 is 0 Å². The van der Waals surface area contributed by atoms with Crippen LogP contribution in [0.5, 0.6) is 0 Å². The Balaban J connectivity index is 2.40. The smallest absolute Gasteiger partial charge is 0.162 e. The number of pyridine rings is 1. The van der Waals surface area contributed by atoms with Crippen LogP contribution in [-0.4, -0.2) is 22.1 Å². The summed E-state index contributed by atoms with van der Waals surface area (Å²) in [6, 6.07) is 5.52. The molecule has 88 valence electrons. The summed E-state index contributed by atoms with van der Waals surface area (Å²) < 4.78 is 5.03. The molecule has 0 aliphatic heterocycles. The molecule has 5 heteroatoms. The van der Waals surface area contributed by atoms with E-state index in [1.165, 1.54) is 0 Å². The van der Waals surface area contributed by atoms with E-state index in [1.54, 1.807) is 19.4 Å². The Morgan fingerprint density at radius 2 is 2.12 bits per heavy atom. The number of hydrogen-bond acceptors (Lipinski definition) is 4. The van der Waals surface area contributed by atoms with E-state index in [9.17, 15) is 0 Å². The van der Waals surface area contributed by atoms with Gasteiger partial charge in [-0.25, -0.2) is 9.97 Å². The molecule has 2 aromatic rings. The molecular formula is C12H12ClN3O. The maximum atomic E-state index is 5.94. The van der Waals surface area contributed by atoms with E-state index in [0.29, 0.717) is 17.6 Å². The van der Waals surface area contributed by atoms with Crippen LogP contribution in [0.2, 0.25) is 5.15 Å². The van der Waals surface area contributed by atoms with Crippen LogP contribution in [0.4, 0.5) is 0 Å². The first-order chi connectivity index (χ1) is 8.19. The van der Waals surface area contributed by atoms with Crippen LogP contribution in [0, 0.1) is 6.92 Å². The predicted octanol–water partition coefficient (Wildman–Crippen LogP) is 2.65. The summed E-state index contributed by atoms with van der Waals surface area (Å²) in [6.45, 7) is 2.34. The maximum Gasteiger partial charge on any atom is 0.162 e. The highest BCUT2D eigenvalue weighted by Crippen LogP contribution is 2.17. The zero-order valence-corrected chi connectivity index (χ0v) is 10.4. The monoisotopic (exact) mass is 249 g/mol. The minimum atomic E-state index is 0.405. The van der Waals surface area contributed by atoms with Crippen LogP contribution in [0.1, 0.15) is 11.4 Å². The number of methoxy groups -OCH3 is 1. The quantitative estimate of drug-likeness (QED) is 0.785. The molecule has 0 atom stereocenters. The zero-order chi connectivity index (χ0) is 12.3. The Bertz CT molecular complexity index is 514. The molecule has 0 aromatic carbocycles. The highest BCUT2D eigenvalue weighted by molar-refractivity contribution is 6.29. The topological polar surface area (TPSA) is 47.9 Å². The van der Waals surface area contributed by atoms with Crippen molar-refractivity contribution in [1.29, 1.82) is 0 Å². The van der Waals surface area contributed by atoms with Gasteiger partial charge < -0.3 is 4.74 Å². The normalized spacial score (nSPS) is 10.5. The van der Waals surface area contributed by atoms with Crippen molar-refractivity contribution in [2.75, 3.05) is 7.11 Å². The molecule has 0 aliphatic carbocycles. The number of nitrogens with zero attached hydrogens (tertiary/aromatic N) is 3. The van der Waals surface area contributed by atoms with E-state index < -0.39 is 0 Å². The van der Waals surface area contributed by atoms with Crippen LogP contribution in [0.25, 0.3) is 11.4 Å². The van der Waals surface area contributed by atoms with Gasteiger partial charge in [-0.05, 0) is 25.1 Å². The number of rotatable bonds is 3. The van der Waals surface area contributed by atoms with E-state index in [0.717, 1.165) is 17.0 Å². The van der Waals surface area contributed by atoms with Gasteiger partial charge in [-0.1, -0.05) is 11.6 Å². The maximum absolute atomic E-state index is 5.94. The van der Waals surface area contributed by atoms with Crippen molar-refractivity contribution >= 4 is 11.6 Å². The largest absolute Gasteiger partial charge is 0.378 e. The summed E-state index contributed by atoms with van der Waals surface area (Å²) in [5.74, 6) is 0.567. The van der Waals surface area contributed by atoms with E-state index in [1.807, 2.05) is 19.1 Å². The number of halogens is 1. The van der Waals surface area contributed by atoms with Crippen LogP contribution in [0.3, 0.4) is 0 Å². The fourth-order valence-corrected chi connectivity index (χ4v) is 1.62. The zero-order valence-electron chi connectivity index (χ0n) is 9.64. The molecule has 0 saturated carbocycles. The Hall–Kier alpha value is -1.52. The number of ether oxygens (including phenoxy) is 1. The molecule has 0 saturated heterocycles. The molecule has 0 radical (unpaired) electrons. The summed E-state index contributed by atoms with van der Waals surface area (Å²) >= 11 is 5.94. The number of aryl methyl sites for hydroxylation is 1. The van der Waals surface area contributed by atoms with Gasteiger partial charge in [-0.15, -0.1) is 0 Å². The lowest BCUT2D eigenvalue weighted by Gasteiger charge is -2.04. The summed E-state index contributed by atoms with van der Waals surface area (Å²) in [5, 5.41) is 0.405. The highest BCUT2D eigenvalue weighted by Gasteiger charge is 2.06. The first kappa shape index (κ1) is 12.0. The third-order valence-corrected chi connectivity index (χ3v) is 2.40. The van der Waals surface area contributed by atoms with E-state index >= 15 is 0 Å². The van der Waals surface area contributed by atoms with Gasteiger partial charge in [-0.3, -0.25) is 4.98 Å². The number of hydrogen-bond donors (Lipinski definition) is 0. The van der Waals surface area contributed by atoms with Gasteiger partial charge in [0.15, 0.2) is 5.82 Å². The van der Waals surface area contributed by atoms with Crippen molar-refractivity contribution in [2.45, 2.75) is 13.5 Å². The molecule has 2 heterocycles. The second-order valence-corrected chi connectivity index (χ2v) is 4.01.